The first-order valence-electron chi connectivity index (χ1n) is 15.0. The van der Waals surface area contributed by atoms with Gasteiger partial charge in [-0.2, -0.15) is 0 Å². The summed E-state index contributed by atoms with van der Waals surface area (Å²) < 4.78 is 5.39. The standard InChI is InChI=1S/C30H60O2.Ca.2H/c1-3-5-7-9-11-13-15-16-17-18-19-20-22-24-26-28-30(31)32-29-27-25-23-21-14-12-10-8-6-4-2;;;/h3-29H2,1-2H3;;;/q;+2;2*-1. The molecule has 2 nitrogen and oxygen atoms in total. The molecule has 0 amide bonds. The minimum atomic E-state index is 0. The molecular weight excluding hydrogens is 432 g/mol. The van der Waals surface area contributed by atoms with Crippen LogP contribution < -0.4 is 0 Å². The van der Waals surface area contributed by atoms with Crippen molar-refractivity contribution >= 4 is 43.7 Å². The number of esters is 1. The Labute approximate surface area is 242 Å². The molecule has 0 saturated heterocycles. The van der Waals surface area contributed by atoms with Crippen LogP contribution in [0.3, 0.4) is 0 Å². The van der Waals surface area contributed by atoms with Gasteiger partial charge in [-0.3, -0.25) is 4.79 Å². The van der Waals surface area contributed by atoms with E-state index in [2.05, 4.69) is 13.8 Å². The van der Waals surface area contributed by atoms with Crippen LogP contribution >= 0.6 is 0 Å². The van der Waals surface area contributed by atoms with Crippen LogP contribution in [-0.4, -0.2) is 50.3 Å². The summed E-state index contributed by atoms with van der Waals surface area (Å²) in [6.45, 7) is 5.19. The summed E-state index contributed by atoms with van der Waals surface area (Å²) in [4.78, 5) is 11.8. The second-order valence-corrected chi connectivity index (χ2v) is 10.1. The smallest absolute Gasteiger partial charge is 1.00 e. The molecule has 0 aliphatic carbocycles. The number of ether oxygens (including phenoxy) is 1. The van der Waals surface area contributed by atoms with E-state index in [0.717, 1.165) is 12.8 Å². The van der Waals surface area contributed by atoms with E-state index in [4.69, 9.17) is 4.74 Å². The molecule has 196 valence electrons. The Morgan fingerprint density at radius 2 is 0.727 bits per heavy atom. The predicted molar refractivity (Wildman–Crippen MR) is 150 cm³/mol. The van der Waals surface area contributed by atoms with Gasteiger partial charge in [0.1, 0.15) is 0 Å². The minimum Gasteiger partial charge on any atom is -1.00 e. The summed E-state index contributed by atoms with van der Waals surface area (Å²) in [6, 6.07) is 0. The number of carbonyl (C=O) groups is 1. The van der Waals surface area contributed by atoms with Crippen molar-refractivity contribution in [3.8, 4) is 0 Å². The van der Waals surface area contributed by atoms with Crippen LogP contribution in [0.4, 0.5) is 0 Å². The third kappa shape index (κ3) is 32.7. The van der Waals surface area contributed by atoms with Gasteiger partial charge in [-0.05, 0) is 12.8 Å². The number of carbonyl (C=O) groups excluding carboxylic acids is 1. The molecule has 0 fully saturated rings. The molecule has 0 atom stereocenters. The fraction of sp³-hybridized carbons (Fsp3) is 0.967. The van der Waals surface area contributed by atoms with Crippen molar-refractivity contribution in [2.45, 2.75) is 181 Å². The van der Waals surface area contributed by atoms with Crippen LogP contribution in [-0.2, 0) is 9.53 Å². The fourth-order valence-corrected chi connectivity index (χ4v) is 4.49. The maximum Gasteiger partial charge on any atom is 2.00 e. The van der Waals surface area contributed by atoms with Crippen molar-refractivity contribution in [2.24, 2.45) is 0 Å². The molecule has 0 heterocycles. The van der Waals surface area contributed by atoms with Crippen LogP contribution in [0.2, 0.25) is 0 Å². The van der Waals surface area contributed by atoms with E-state index >= 15 is 0 Å². The zero-order valence-corrected chi connectivity index (χ0v) is 25.3. The topological polar surface area (TPSA) is 26.3 Å². The van der Waals surface area contributed by atoms with Gasteiger partial charge >= 0.3 is 43.7 Å². The Hall–Kier alpha value is 0.730. The Morgan fingerprint density at radius 1 is 0.455 bits per heavy atom. The zero-order valence-electron chi connectivity index (χ0n) is 25.1. The molecule has 0 saturated carbocycles. The van der Waals surface area contributed by atoms with Crippen LogP contribution in [0.25, 0.3) is 0 Å². The van der Waals surface area contributed by atoms with Crippen molar-refractivity contribution in [3.05, 3.63) is 0 Å². The van der Waals surface area contributed by atoms with Crippen LogP contribution in [0.1, 0.15) is 184 Å². The van der Waals surface area contributed by atoms with Gasteiger partial charge in [0.25, 0.3) is 0 Å². The molecule has 0 aliphatic heterocycles. The summed E-state index contributed by atoms with van der Waals surface area (Å²) in [5, 5.41) is 0. The Kier molecular flexibility index (Phi) is 35.6. The van der Waals surface area contributed by atoms with E-state index in [9.17, 15) is 4.79 Å². The number of rotatable bonds is 27. The van der Waals surface area contributed by atoms with E-state index in [1.165, 1.54) is 148 Å². The number of unbranched alkanes of at least 4 members (excludes halogenated alkanes) is 23. The molecule has 0 aromatic heterocycles. The Bertz CT molecular complexity index is 370. The summed E-state index contributed by atoms with van der Waals surface area (Å²) >= 11 is 0. The van der Waals surface area contributed by atoms with Gasteiger partial charge in [0.15, 0.2) is 0 Å². The second-order valence-electron chi connectivity index (χ2n) is 10.1. The van der Waals surface area contributed by atoms with Gasteiger partial charge in [-0.15, -0.1) is 0 Å². The average Bonchev–Trinajstić information content (AvgIpc) is 2.80. The van der Waals surface area contributed by atoms with Gasteiger partial charge in [0, 0.05) is 6.42 Å². The molecule has 33 heavy (non-hydrogen) atoms. The maximum absolute atomic E-state index is 11.8. The van der Waals surface area contributed by atoms with Crippen molar-refractivity contribution < 1.29 is 12.4 Å². The van der Waals surface area contributed by atoms with Crippen molar-refractivity contribution in [1.29, 1.82) is 0 Å². The molecule has 0 aromatic rings. The molecule has 0 unspecified atom stereocenters. The van der Waals surface area contributed by atoms with Crippen LogP contribution in [0.15, 0.2) is 0 Å². The fourth-order valence-electron chi connectivity index (χ4n) is 4.49. The third-order valence-corrected chi connectivity index (χ3v) is 6.75. The van der Waals surface area contributed by atoms with Gasteiger partial charge in [0.05, 0.1) is 6.61 Å². The molecule has 0 N–H and O–H groups in total. The van der Waals surface area contributed by atoms with Crippen molar-refractivity contribution in [3.63, 3.8) is 0 Å². The summed E-state index contributed by atoms with van der Waals surface area (Å²) in [5.41, 5.74) is 0. The number of hydrogen-bond acceptors (Lipinski definition) is 2. The molecule has 0 aliphatic rings. The Morgan fingerprint density at radius 3 is 1.06 bits per heavy atom. The summed E-state index contributed by atoms with van der Waals surface area (Å²) in [6.07, 6.45) is 34.2. The van der Waals surface area contributed by atoms with Crippen LogP contribution in [0, 0.1) is 0 Å². The first kappa shape index (κ1) is 35.9. The van der Waals surface area contributed by atoms with E-state index in [-0.39, 0.29) is 46.6 Å². The molecule has 0 spiro atoms. The SMILES string of the molecule is CCCCCCCCCCCCCCCCCC(=O)OCCCCCCCCCCCC.[Ca+2].[H-].[H-]. The molecular formula is C30H62CaO2. The second kappa shape index (κ2) is 32.7. The minimum absolute atomic E-state index is 0. The molecule has 0 rings (SSSR count). The van der Waals surface area contributed by atoms with E-state index in [1.807, 2.05) is 0 Å². The quantitative estimate of drug-likeness (QED) is 0.0644. The van der Waals surface area contributed by atoms with Crippen LogP contribution in [0.5, 0.6) is 0 Å². The summed E-state index contributed by atoms with van der Waals surface area (Å²) in [7, 11) is 0. The molecule has 0 radical (unpaired) electrons. The van der Waals surface area contributed by atoms with E-state index in [1.54, 1.807) is 0 Å². The number of hydrogen-bond donors (Lipinski definition) is 0. The van der Waals surface area contributed by atoms with E-state index in [0.29, 0.717) is 13.0 Å². The largest absolute Gasteiger partial charge is 2.00 e. The van der Waals surface area contributed by atoms with Gasteiger partial charge in [-0.1, -0.05) is 162 Å². The van der Waals surface area contributed by atoms with Gasteiger partial charge in [-0.25, -0.2) is 0 Å². The van der Waals surface area contributed by atoms with Crippen molar-refractivity contribution in [2.75, 3.05) is 6.61 Å². The third-order valence-electron chi connectivity index (χ3n) is 6.75. The van der Waals surface area contributed by atoms with E-state index < -0.39 is 0 Å². The summed E-state index contributed by atoms with van der Waals surface area (Å²) in [5.74, 6) is 0.0237. The van der Waals surface area contributed by atoms with Gasteiger partial charge < -0.3 is 7.59 Å². The zero-order chi connectivity index (χ0) is 23.4. The Balaban J connectivity index is -0.00000160. The predicted octanol–water partition coefficient (Wildman–Crippen LogP) is 10.6. The molecule has 3 heteroatoms. The normalized spacial score (nSPS) is 10.8. The van der Waals surface area contributed by atoms with Gasteiger partial charge in [0.2, 0.25) is 0 Å². The first-order chi connectivity index (χ1) is 15.8. The monoisotopic (exact) mass is 494 g/mol. The molecule has 0 bridgehead atoms. The van der Waals surface area contributed by atoms with Crippen molar-refractivity contribution in [1.82, 2.24) is 0 Å². The first-order valence-corrected chi connectivity index (χ1v) is 15.0. The molecule has 0 aromatic carbocycles. The average molecular weight is 495 g/mol. The maximum atomic E-state index is 11.8.